The molecule has 102 valence electrons. The van der Waals surface area contributed by atoms with Gasteiger partial charge in [-0.3, -0.25) is 4.79 Å². The van der Waals surface area contributed by atoms with E-state index in [0.29, 0.717) is 11.0 Å². The van der Waals surface area contributed by atoms with Crippen molar-refractivity contribution in [2.45, 2.75) is 9.79 Å². The van der Waals surface area contributed by atoms with Crippen LogP contribution in [-0.2, 0) is 4.79 Å². The van der Waals surface area contributed by atoms with E-state index in [1.807, 2.05) is 30.3 Å². The van der Waals surface area contributed by atoms with Gasteiger partial charge in [-0.05, 0) is 18.2 Å². The molecule has 5 nitrogen and oxygen atoms in total. The Hall–Kier alpha value is -2.47. The normalized spacial score (nSPS) is 11.3. The number of carboxylic acids is 1. The molecule has 2 aromatic rings. The zero-order valence-electron chi connectivity index (χ0n) is 10.1. The number of aliphatic hydroxyl groups is 1. The SMILES string of the molecule is O=C(O)C(O)=CC(=O)c1occc1Sc1ccccc1. The van der Waals surface area contributed by atoms with E-state index < -0.39 is 17.5 Å². The van der Waals surface area contributed by atoms with Gasteiger partial charge in [-0.15, -0.1) is 0 Å². The smallest absolute Gasteiger partial charge is 0.371 e. The summed E-state index contributed by atoms with van der Waals surface area (Å²) in [7, 11) is 0. The molecule has 1 aromatic heterocycles. The van der Waals surface area contributed by atoms with Crippen molar-refractivity contribution in [1.82, 2.24) is 0 Å². The minimum Gasteiger partial charge on any atom is -0.502 e. The second-order valence-electron chi connectivity index (χ2n) is 3.73. The lowest BCUT2D eigenvalue weighted by Crippen LogP contribution is -2.03. The first kappa shape index (κ1) is 14.0. The molecule has 20 heavy (non-hydrogen) atoms. The maximum absolute atomic E-state index is 11.8. The summed E-state index contributed by atoms with van der Waals surface area (Å²) in [5.41, 5.74) is 0. The molecule has 0 atom stereocenters. The number of carbonyl (C=O) groups excluding carboxylic acids is 1. The van der Waals surface area contributed by atoms with Crippen LogP contribution in [0.1, 0.15) is 10.6 Å². The molecule has 0 radical (unpaired) electrons. The third-order valence-corrected chi connectivity index (χ3v) is 3.36. The molecule has 6 heteroatoms. The minimum absolute atomic E-state index is 0.00773. The number of allylic oxidation sites excluding steroid dienone is 1. The quantitative estimate of drug-likeness (QED) is 0.499. The van der Waals surface area contributed by atoms with E-state index in [4.69, 9.17) is 14.6 Å². The monoisotopic (exact) mass is 290 g/mol. The van der Waals surface area contributed by atoms with Gasteiger partial charge >= 0.3 is 5.97 Å². The van der Waals surface area contributed by atoms with Crippen LogP contribution in [0.25, 0.3) is 0 Å². The molecule has 0 unspecified atom stereocenters. The number of aliphatic hydroxyl groups excluding tert-OH is 1. The zero-order valence-corrected chi connectivity index (χ0v) is 11.0. The number of aliphatic carboxylic acids is 1. The van der Waals surface area contributed by atoms with Crippen LogP contribution in [0, 0.1) is 0 Å². The Morgan fingerprint density at radius 1 is 1.10 bits per heavy atom. The summed E-state index contributed by atoms with van der Waals surface area (Å²) in [4.78, 5) is 23.8. The van der Waals surface area contributed by atoms with Gasteiger partial charge in [0.25, 0.3) is 0 Å². The number of carbonyl (C=O) groups is 2. The van der Waals surface area contributed by atoms with Gasteiger partial charge in [-0.1, -0.05) is 30.0 Å². The van der Waals surface area contributed by atoms with Gasteiger partial charge in [-0.2, -0.15) is 0 Å². The summed E-state index contributed by atoms with van der Waals surface area (Å²) in [6, 6.07) is 10.9. The first-order valence-corrected chi connectivity index (χ1v) is 6.38. The number of benzene rings is 1. The first-order chi connectivity index (χ1) is 9.58. The molecule has 0 amide bonds. The molecule has 0 aliphatic heterocycles. The second-order valence-corrected chi connectivity index (χ2v) is 4.84. The van der Waals surface area contributed by atoms with Crippen LogP contribution < -0.4 is 0 Å². The Morgan fingerprint density at radius 2 is 1.80 bits per heavy atom. The molecular weight excluding hydrogens is 280 g/mol. The summed E-state index contributed by atoms with van der Waals surface area (Å²) in [5.74, 6) is -3.30. The predicted molar refractivity (Wildman–Crippen MR) is 72.0 cm³/mol. The highest BCUT2D eigenvalue weighted by Gasteiger charge is 2.17. The van der Waals surface area contributed by atoms with E-state index in [1.165, 1.54) is 18.0 Å². The minimum atomic E-state index is -1.57. The molecule has 1 aromatic carbocycles. The molecule has 2 rings (SSSR count). The second kappa shape index (κ2) is 6.12. The number of hydrogen-bond acceptors (Lipinski definition) is 5. The summed E-state index contributed by atoms with van der Waals surface area (Å²) < 4.78 is 5.06. The maximum atomic E-state index is 11.8. The molecule has 0 aliphatic carbocycles. The zero-order chi connectivity index (χ0) is 14.5. The molecule has 0 fully saturated rings. The summed E-state index contributed by atoms with van der Waals surface area (Å²) in [6.07, 6.45) is 1.96. The number of ketones is 1. The summed E-state index contributed by atoms with van der Waals surface area (Å²) in [6.45, 7) is 0. The first-order valence-electron chi connectivity index (χ1n) is 5.56. The van der Waals surface area contributed by atoms with Crippen LogP contribution in [0.4, 0.5) is 0 Å². The summed E-state index contributed by atoms with van der Waals surface area (Å²) >= 11 is 1.31. The van der Waals surface area contributed by atoms with Crippen molar-refractivity contribution >= 4 is 23.5 Å². The van der Waals surface area contributed by atoms with Crippen LogP contribution in [0.3, 0.4) is 0 Å². The fourth-order valence-corrected chi connectivity index (χ4v) is 2.34. The number of rotatable bonds is 5. The average molecular weight is 290 g/mol. The van der Waals surface area contributed by atoms with Crippen LogP contribution >= 0.6 is 11.8 Å². The molecule has 1 heterocycles. The van der Waals surface area contributed by atoms with E-state index >= 15 is 0 Å². The topological polar surface area (TPSA) is 87.7 Å². The van der Waals surface area contributed by atoms with E-state index in [2.05, 4.69) is 0 Å². The van der Waals surface area contributed by atoms with Crippen LogP contribution in [0.5, 0.6) is 0 Å². The third kappa shape index (κ3) is 3.30. The Kier molecular flexibility index (Phi) is 4.27. The fraction of sp³-hybridized carbons (Fsp3) is 0. The predicted octanol–water partition coefficient (Wildman–Crippen LogP) is 3.14. The Labute approximate surface area is 118 Å². The highest BCUT2D eigenvalue weighted by Crippen LogP contribution is 2.31. The van der Waals surface area contributed by atoms with Crippen molar-refractivity contribution in [1.29, 1.82) is 0 Å². The van der Waals surface area contributed by atoms with Crippen molar-refractivity contribution in [2.75, 3.05) is 0 Å². The van der Waals surface area contributed by atoms with Gasteiger partial charge in [0.2, 0.25) is 11.5 Å². The maximum Gasteiger partial charge on any atom is 0.371 e. The Bertz CT molecular complexity index is 657. The van der Waals surface area contributed by atoms with Gasteiger partial charge in [0.05, 0.1) is 11.2 Å². The highest BCUT2D eigenvalue weighted by molar-refractivity contribution is 7.99. The molecule has 2 N–H and O–H groups in total. The van der Waals surface area contributed by atoms with Gasteiger partial charge in [0.15, 0.2) is 5.76 Å². The van der Waals surface area contributed by atoms with Crippen molar-refractivity contribution in [3.05, 3.63) is 60.3 Å². The van der Waals surface area contributed by atoms with E-state index in [0.717, 1.165) is 4.90 Å². The number of hydrogen-bond donors (Lipinski definition) is 2. The van der Waals surface area contributed by atoms with Gasteiger partial charge < -0.3 is 14.6 Å². The summed E-state index contributed by atoms with van der Waals surface area (Å²) in [5, 5.41) is 17.6. The van der Waals surface area contributed by atoms with Crippen LogP contribution in [-0.4, -0.2) is 22.0 Å². The van der Waals surface area contributed by atoms with Crippen molar-refractivity contribution in [2.24, 2.45) is 0 Å². The van der Waals surface area contributed by atoms with Gasteiger partial charge in [0.1, 0.15) is 0 Å². The van der Waals surface area contributed by atoms with Crippen molar-refractivity contribution < 1.29 is 24.2 Å². The largest absolute Gasteiger partial charge is 0.502 e. The molecule has 0 bridgehead atoms. The van der Waals surface area contributed by atoms with E-state index in [-0.39, 0.29) is 5.76 Å². The fourth-order valence-electron chi connectivity index (χ4n) is 1.42. The lowest BCUT2D eigenvalue weighted by molar-refractivity contribution is -0.135. The van der Waals surface area contributed by atoms with Crippen LogP contribution in [0.15, 0.2) is 68.7 Å². The Morgan fingerprint density at radius 3 is 2.45 bits per heavy atom. The van der Waals surface area contributed by atoms with Crippen molar-refractivity contribution in [3.8, 4) is 0 Å². The van der Waals surface area contributed by atoms with Crippen LogP contribution in [0.2, 0.25) is 0 Å². The molecular formula is C14H10O5S. The van der Waals surface area contributed by atoms with Crippen molar-refractivity contribution in [3.63, 3.8) is 0 Å². The molecule has 0 saturated heterocycles. The van der Waals surface area contributed by atoms with E-state index in [9.17, 15) is 9.59 Å². The molecule has 0 aliphatic rings. The van der Waals surface area contributed by atoms with Gasteiger partial charge in [0, 0.05) is 11.0 Å². The average Bonchev–Trinajstić information content (AvgIpc) is 2.88. The number of carboxylic acid groups (broad SMARTS) is 1. The lowest BCUT2D eigenvalue weighted by atomic mass is 10.2. The van der Waals surface area contributed by atoms with Gasteiger partial charge in [-0.25, -0.2) is 4.79 Å². The molecule has 0 spiro atoms. The lowest BCUT2D eigenvalue weighted by Gasteiger charge is -2.00. The number of furan rings is 1. The van der Waals surface area contributed by atoms with E-state index in [1.54, 1.807) is 6.07 Å². The Balaban J connectivity index is 2.23. The third-order valence-electron chi connectivity index (χ3n) is 2.31. The standard InChI is InChI=1S/C14H10O5S/c15-10(8-11(16)14(17)18)13-12(6-7-19-13)20-9-4-2-1-3-5-9/h1-8,16H,(H,17,18). The molecule has 0 saturated carbocycles. The highest BCUT2D eigenvalue weighted by atomic mass is 32.2.